The third kappa shape index (κ3) is 63.6. The van der Waals surface area contributed by atoms with E-state index in [1.807, 2.05) is 0 Å². The van der Waals surface area contributed by atoms with Crippen LogP contribution in [0.3, 0.4) is 0 Å². The Morgan fingerprint density at radius 2 is 0.506 bits per heavy atom. The van der Waals surface area contributed by atoms with Crippen molar-refractivity contribution in [2.45, 2.75) is 348 Å². The van der Waals surface area contributed by atoms with Crippen LogP contribution in [0.4, 0.5) is 0 Å². The maximum Gasteiger partial charge on any atom is 0.306 e. The highest BCUT2D eigenvalue weighted by Crippen LogP contribution is 2.17. The Labute approximate surface area is 478 Å². The van der Waals surface area contributed by atoms with Crippen LogP contribution < -0.4 is 0 Å². The van der Waals surface area contributed by atoms with E-state index in [0.717, 1.165) is 96.3 Å². The van der Waals surface area contributed by atoms with E-state index in [-0.39, 0.29) is 31.1 Å². The van der Waals surface area contributed by atoms with Crippen LogP contribution in [-0.4, -0.2) is 37.2 Å². The zero-order valence-electron chi connectivity index (χ0n) is 51.2. The van der Waals surface area contributed by atoms with Gasteiger partial charge in [-0.25, -0.2) is 0 Å². The van der Waals surface area contributed by atoms with Gasteiger partial charge in [-0.05, 0) is 89.9 Å². The van der Waals surface area contributed by atoms with Crippen LogP contribution in [-0.2, 0) is 28.6 Å². The molecule has 0 aromatic heterocycles. The number of ether oxygens (including phenoxy) is 3. The fourth-order valence-electron chi connectivity index (χ4n) is 9.70. The van der Waals surface area contributed by atoms with E-state index < -0.39 is 6.10 Å². The van der Waals surface area contributed by atoms with Crippen molar-refractivity contribution in [1.29, 1.82) is 0 Å². The minimum atomic E-state index is -0.771. The number of esters is 3. The molecule has 0 saturated heterocycles. The van der Waals surface area contributed by atoms with Crippen LogP contribution in [0, 0.1) is 0 Å². The summed E-state index contributed by atoms with van der Waals surface area (Å²) in [6.45, 7) is 6.48. The van der Waals surface area contributed by atoms with E-state index in [0.29, 0.717) is 19.3 Å². The van der Waals surface area contributed by atoms with Gasteiger partial charge in [0.1, 0.15) is 13.2 Å². The van der Waals surface area contributed by atoms with Gasteiger partial charge in [0.2, 0.25) is 0 Å². The molecule has 0 aliphatic rings. The molecule has 0 fully saturated rings. The van der Waals surface area contributed by atoms with Crippen LogP contribution >= 0.6 is 0 Å². The van der Waals surface area contributed by atoms with Crippen LogP contribution in [0.1, 0.15) is 342 Å². The summed E-state index contributed by atoms with van der Waals surface area (Å²) in [6, 6.07) is 0. The zero-order chi connectivity index (χ0) is 55.7. The zero-order valence-corrected chi connectivity index (χ0v) is 51.2. The Hall–Kier alpha value is -3.15. The molecule has 0 aliphatic heterocycles. The molecule has 0 aromatic carbocycles. The second-order valence-electron chi connectivity index (χ2n) is 22.4. The summed E-state index contributed by atoms with van der Waals surface area (Å²) >= 11 is 0. The van der Waals surface area contributed by atoms with Crippen molar-refractivity contribution in [3.8, 4) is 0 Å². The first-order valence-electron chi connectivity index (χ1n) is 33.4. The number of rotatable bonds is 61. The third-order valence-corrected chi connectivity index (χ3v) is 14.7. The molecule has 0 bridgehead atoms. The monoisotopic (exact) mass is 1070 g/mol. The van der Waals surface area contributed by atoms with Gasteiger partial charge in [0.05, 0.1) is 0 Å². The summed E-state index contributed by atoms with van der Waals surface area (Å²) in [5, 5.41) is 0. The fraction of sp³-hybridized carbons (Fsp3) is 0.789. The van der Waals surface area contributed by atoms with E-state index in [4.69, 9.17) is 14.2 Å². The van der Waals surface area contributed by atoms with Crippen molar-refractivity contribution < 1.29 is 28.6 Å². The first-order valence-corrected chi connectivity index (χ1v) is 33.4. The van der Waals surface area contributed by atoms with Crippen LogP contribution in [0.2, 0.25) is 0 Å². The predicted molar refractivity (Wildman–Crippen MR) is 335 cm³/mol. The molecular weight excluding hydrogens is 949 g/mol. The summed E-state index contributed by atoms with van der Waals surface area (Å²) < 4.78 is 16.8. The van der Waals surface area contributed by atoms with Gasteiger partial charge in [-0.2, -0.15) is 0 Å². The van der Waals surface area contributed by atoms with Gasteiger partial charge in [0.25, 0.3) is 0 Å². The van der Waals surface area contributed by atoms with E-state index in [1.165, 1.54) is 205 Å². The molecule has 1 atom stereocenters. The number of hydrogen-bond donors (Lipinski definition) is 0. The Kier molecular flexibility index (Phi) is 62.7. The molecule has 6 heteroatoms. The summed E-state index contributed by atoms with van der Waals surface area (Å²) in [4.78, 5) is 38.0. The van der Waals surface area contributed by atoms with Gasteiger partial charge >= 0.3 is 17.9 Å². The lowest BCUT2D eigenvalue weighted by molar-refractivity contribution is -0.167. The quantitative estimate of drug-likeness (QED) is 0.0261. The van der Waals surface area contributed by atoms with Crippen molar-refractivity contribution in [1.82, 2.24) is 0 Å². The maximum absolute atomic E-state index is 12.8. The third-order valence-electron chi connectivity index (χ3n) is 14.7. The van der Waals surface area contributed by atoms with Crippen molar-refractivity contribution in [2.24, 2.45) is 0 Å². The largest absolute Gasteiger partial charge is 0.462 e. The fourth-order valence-corrected chi connectivity index (χ4v) is 9.70. The number of carbonyl (C=O) groups excluding carboxylic acids is 3. The highest BCUT2D eigenvalue weighted by Gasteiger charge is 2.19. The smallest absolute Gasteiger partial charge is 0.306 e. The van der Waals surface area contributed by atoms with Crippen molar-refractivity contribution in [3.63, 3.8) is 0 Å². The average molecular weight is 1080 g/mol. The van der Waals surface area contributed by atoms with E-state index >= 15 is 0 Å². The lowest BCUT2D eigenvalue weighted by Crippen LogP contribution is -2.30. The van der Waals surface area contributed by atoms with Gasteiger partial charge in [-0.1, -0.05) is 306 Å². The SMILES string of the molecule is CC/C=C\C/C=C\C/C=C\C/C=C\CCCCCCCCCCCCCCCCC(=O)OCC(COC(=O)CCCCCCC)OC(=O)CCCCCCCCCCCCCCCCC/C=C\C/C=C\CCCCCCC. The lowest BCUT2D eigenvalue weighted by atomic mass is 10.0. The van der Waals surface area contributed by atoms with Gasteiger partial charge in [0, 0.05) is 19.3 Å². The molecule has 0 aliphatic carbocycles. The second-order valence-corrected chi connectivity index (χ2v) is 22.4. The molecule has 0 radical (unpaired) electrons. The van der Waals surface area contributed by atoms with Crippen molar-refractivity contribution >= 4 is 17.9 Å². The standard InChI is InChI=1S/C71H126O6/c1-4-7-10-13-15-17-19-21-23-25-27-29-31-33-35-37-39-41-43-45-47-49-51-53-55-58-61-64-70(73)76-67-68(66-75-69(72)63-60-57-12-9-6-3)77-71(74)65-62-59-56-54-52-50-48-46-44-42-40-38-36-34-32-30-28-26-24-22-20-18-16-14-11-8-5-2/h7,10,15,17,20-23,26-29,68H,4-6,8-9,11-14,16,18-19,24-25,30-67H2,1-3H3/b10-7-,17-15-,22-20-,23-21-,28-26-,29-27-. The van der Waals surface area contributed by atoms with Crippen molar-refractivity contribution in [3.05, 3.63) is 72.9 Å². The summed E-state index contributed by atoms with van der Waals surface area (Å²) in [6.07, 6.45) is 85.4. The molecule has 0 amide bonds. The van der Waals surface area contributed by atoms with Crippen LogP contribution in [0.25, 0.3) is 0 Å². The van der Waals surface area contributed by atoms with E-state index in [2.05, 4.69) is 93.7 Å². The van der Waals surface area contributed by atoms with Crippen LogP contribution in [0.5, 0.6) is 0 Å². The van der Waals surface area contributed by atoms with Gasteiger partial charge in [0.15, 0.2) is 6.10 Å². The minimum absolute atomic E-state index is 0.0724. The Morgan fingerprint density at radius 3 is 0.792 bits per heavy atom. The molecule has 0 spiro atoms. The number of hydrogen-bond acceptors (Lipinski definition) is 6. The first-order chi connectivity index (χ1) is 38.0. The van der Waals surface area contributed by atoms with E-state index in [9.17, 15) is 14.4 Å². The van der Waals surface area contributed by atoms with Crippen LogP contribution in [0.15, 0.2) is 72.9 Å². The summed E-state index contributed by atoms with van der Waals surface area (Å²) in [5.41, 5.74) is 0. The Bertz CT molecular complexity index is 1420. The highest BCUT2D eigenvalue weighted by atomic mass is 16.6. The highest BCUT2D eigenvalue weighted by molar-refractivity contribution is 5.71. The normalized spacial score (nSPS) is 12.5. The molecular formula is C71H126O6. The maximum atomic E-state index is 12.8. The van der Waals surface area contributed by atoms with Crippen molar-refractivity contribution in [2.75, 3.05) is 13.2 Å². The number of carbonyl (C=O) groups is 3. The number of unbranched alkanes of at least 4 members (excludes halogenated alkanes) is 38. The molecule has 0 rings (SSSR count). The topological polar surface area (TPSA) is 78.9 Å². The van der Waals surface area contributed by atoms with Gasteiger partial charge in [-0.15, -0.1) is 0 Å². The second kappa shape index (κ2) is 65.4. The average Bonchev–Trinajstić information content (AvgIpc) is 3.43. The summed E-state index contributed by atoms with van der Waals surface area (Å²) in [7, 11) is 0. The molecule has 0 heterocycles. The molecule has 1 unspecified atom stereocenters. The molecule has 0 aromatic rings. The Balaban J connectivity index is 3.99. The molecule has 0 N–H and O–H groups in total. The van der Waals surface area contributed by atoms with Gasteiger partial charge in [-0.3, -0.25) is 14.4 Å². The molecule has 446 valence electrons. The predicted octanol–water partition coefficient (Wildman–Crippen LogP) is 22.9. The minimum Gasteiger partial charge on any atom is -0.462 e. The molecule has 6 nitrogen and oxygen atoms in total. The van der Waals surface area contributed by atoms with Gasteiger partial charge < -0.3 is 14.2 Å². The lowest BCUT2D eigenvalue weighted by Gasteiger charge is -2.18. The molecule has 0 saturated carbocycles. The van der Waals surface area contributed by atoms with E-state index in [1.54, 1.807) is 0 Å². The Morgan fingerprint density at radius 1 is 0.273 bits per heavy atom. The first kappa shape index (κ1) is 73.8. The summed E-state index contributed by atoms with van der Waals surface area (Å²) in [5.74, 6) is -0.871. The molecule has 77 heavy (non-hydrogen) atoms. The number of allylic oxidation sites excluding steroid dienone is 12.